The van der Waals surface area contributed by atoms with Gasteiger partial charge in [-0.15, -0.1) is 0 Å². The van der Waals surface area contributed by atoms with Gasteiger partial charge in [-0.1, -0.05) is 5.16 Å². The lowest BCUT2D eigenvalue weighted by Gasteiger charge is -2.39. The van der Waals surface area contributed by atoms with Gasteiger partial charge in [-0.05, 0) is 13.8 Å². The fourth-order valence-corrected chi connectivity index (χ4v) is 1.42. The van der Waals surface area contributed by atoms with Crippen molar-refractivity contribution in [3.8, 4) is 5.75 Å². The number of nitrogens with zero attached hydrogens (tertiary/aromatic N) is 1. The maximum absolute atomic E-state index is 5.82. The van der Waals surface area contributed by atoms with Crippen LogP contribution in [-0.4, -0.2) is 23.8 Å². The Morgan fingerprint density at radius 2 is 2.15 bits per heavy atom. The molecule has 1 aliphatic rings. The molecule has 0 atom stereocenters. The van der Waals surface area contributed by atoms with Crippen molar-refractivity contribution in [1.82, 2.24) is 10.5 Å². The van der Waals surface area contributed by atoms with E-state index in [1.807, 2.05) is 13.8 Å². The first-order valence-corrected chi connectivity index (χ1v) is 4.43. The number of nitrogens with one attached hydrogen (secondary N) is 1. The summed E-state index contributed by atoms with van der Waals surface area (Å²) in [6, 6.07) is 0. The highest BCUT2D eigenvalue weighted by Gasteiger charge is 2.35. The minimum Gasteiger partial charge on any atom is -0.479 e. The van der Waals surface area contributed by atoms with Gasteiger partial charge in [0.15, 0.2) is 11.5 Å². The molecule has 0 saturated carbocycles. The van der Waals surface area contributed by atoms with Crippen LogP contribution >= 0.6 is 0 Å². The Kier molecular flexibility index (Phi) is 1.80. The smallest absolute Gasteiger partial charge is 0.185 e. The molecule has 4 nitrogen and oxygen atoms in total. The molecule has 0 aliphatic carbocycles. The molecule has 4 heteroatoms. The van der Waals surface area contributed by atoms with Crippen LogP contribution in [0, 0.1) is 13.8 Å². The molecule has 1 aromatic rings. The van der Waals surface area contributed by atoms with Gasteiger partial charge < -0.3 is 14.6 Å². The third-order valence-corrected chi connectivity index (χ3v) is 2.31. The molecule has 0 amide bonds. The number of ether oxygens (including phenoxy) is 1. The average molecular weight is 182 g/mol. The molecule has 2 heterocycles. The highest BCUT2D eigenvalue weighted by atomic mass is 16.5. The van der Waals surface area contributed by atoms with E-state index < -0.39 is 0 Å². The molecule has 1 aliphatic heterocycles. The van der Waals surface area contributed by atoms with Crippen molar-refractivity contribution in [2.45, 2.75) is 26.4 Å². The van der Waals surface area contributed by atoms with Gasteiger partial charge >= 0.3 is 0 Å². The van der Waals surface area contributed by atoms with Crippen LogP contribution in [0.3, 0.4) is 0 Å². The van der Waals surface area contributed by atoms with Gasteiger partial charge in [0.05, 0.1) is 0 Å². The quantitative estimate of drug-likeness (QED) is 0.742. The summed E-state index contributed by atoms with van der Waals surface area (Å²) in [5.74, 6) is 1.55. The van der Waals surface area contributed by atoms with Crippen LogP contribution in [0.25, 0.3) is 0 Å². The van der Waals surface area contributed by atoms with Crippen LogP contribution in [0.5, 0.6) is 5.75 Å². The third-order valence-electron chi connectivity index (χ3n) is 2.31. The molecule has 1 N–H and O–H groups in total. The fourth-order valence-electron chi connectivity index (χ4n) is 1.42. The van der Waals surface area contributed by atoms with E-state index in [1.54, 1.807) is 0 Å². The van der Waals surface area contributed by atoms with Gasteiger partial charge in [-0.3, -0.25) is 0 Å². The second-order valence-corrected chi connectivity index (χ2v) is 3.81. The van der Waals surface area contributed by atoms with Gasteiger partial charge in [0.2, 0.25) is 0 Å². The average Bonchev–Trinajstić information content (AvgIpc) is 2.33. The van der Waals surface area contributed by atoms with E-state index >= 15 is 0 Å². The summed E-state index contributed by atoms with van der Waals surface area (Å²) in [6.07, 6.45) is 0. The Morgan fingerprint density at radius 1 is 1.46 bits per heavy atom. The number of aryl methyl sites for hydroxylation is 2. The molecule has 0 bridgehead atoms. The van der Waals surface area contributed by atoms with Crippen LogP contribution < -0.4 is 10.1 Å². The SMILES string of the molecule is Cc1noc(C)c1OC1(C)CNC1. The second kappa shape index (κ2) is 2.73. The molecule has 1 saturated heterocycles. The molecule has 0 spiro atoms. The summed E-state index contributed by atoms with van der Waals surface area (Å²) in [7, 11) is 0. The lowest BCUT2D eigenvalue weighted by Crippen LogP contribution is -2.61. The Labute approximate surface area is 77.2 Å². The molecule has 72 valence electrons. The number of hydrogen-bond donors (Lipinski definition) is 1. The van der Waals surface area contributed by atoms with E-state index in [0.29, 0.717) is 0 Å². The molecule has 2 rings (SSSR count). The monoisotopic (exact) mass is 182 g/mol. The highest BCUT2D eigenvalue weighted by Crippen LogP contribution is 2.27. The maximum Gasteiger partial charge on any atom is 0.185 e. The molecule has 13 heavy (non-hydrogen) atoms. The van der Waals surface area contributed by atoms with E-state index in [-0.39, 0.29) is 5.60 Å². The van der Waals surface area contributed by atoms with Gasteiger partial charge in [0, 0.05) is 20.0 Å². The molecule has 0 aromatic carbocycles. The first kappa shape index (κ1) is 8.56. The highest BCUT2D eigenvalue weighted by molar-refractivity contribution is 5.29. The van der Waals surface area contributed by atoms with E-state index in [1.165, 1.54) is 0 Å². The summed E-state index contributed by atoms with van der Waals surface area (Å²) >= 11 is 0. The van der Waals surface area contributed by atoms with Crippen molar-refractivity contribution in [3.05, 3.63) is 11.5 Å². The van der Waals surface area contributed by atoms with Gasteiger partial charge in [-0.2, -0.15) is 0 Å². The summed E-state index contributed by atoms with van der Waals surface area (Å²) in [5.41, 5.74) is 0.742. The molecule has 1 aromatic heterocycles. The predicted octanol–water partition coefficient (Wildman–Crippen LogP) is 1.03. The summed E-state index contributed by atoms with van der Waals surface area (Å²) < 4.78 is 10.8. The van der Waals surface area contributed by atoms with E-state index in [4.69, 9.17) is 9.26 Å². The third kappa shape index (κ3) is 1.42. The van der Waals surface area contributed by atoms with Crippen LogP contribution in [0.15, 0.2) is 4.52 Å². The van der Waals surface area contributed by atoms with Gasteiger partial charge in [0.25, 0.3) is 0 Å². The van der Waals surface area contributed by atoms with Crippen molar-refractivity contribution < 1.29 is 9.26 Å². The van der Waals surface area contributed by atoms with Gasteiger partial charge in [0.1, 0.15) is 11.3 Å². The molecule has 1 fully saturated rings. The molecule has 0 unspecified atom stereocenters. The van der Waals surface area contributed by atoms with E-state index in [9.17, 15) is 0 Å². The summed E-state index contributed by atoms with van der Waals surface area (Å²) in [6.45, 7) is 7.61. The van der Waals surface area contributed by atoms with Crippen molar-refractivity contribution in [3.63, 3.8) is 0 Å². The topological polar surface area (TPSA) is 47.3 Å². The van der Waals surface area contributed by atoms with Crippen molar-refractivity contribution >= 4 is 0 Å². The fraction of sp³-hybridized carbons (Fsp3) is 0.667. The zero-order valence-corrected chi connectivity index (χ0v) is 8.18. The number of rotatable bonds is 2. The maximum atomic E-state index is 5.82. The normalized spacial score (nSPS) is 19.6. The standard InChI is InChI=1S/C9H14N2O2/c1-6-8(7(2)13-11-6)12-9(3)4-10-5-9/h10H,4-5H2,1-3H3. The van der Waals surface area contributed by atoms with E-state index in [0.717, 1.165) is 30.3 Å². The second-order valence-electron chi connectivity index (χ2n) is 3.81. The molecular weight excluding hydrogens is 168 g/mol. The lowest BCUT2D eigenvalue weighted by molar-refractivity contribution is 0.0328. The minimum absolute atomic E-state index is 0.0823. The first-order chi connectivity index (χ1) is 6.11. The number of aromatic nitrogens is 1. The Balaban J connectivity index is 2.17. The summed E-state index contributed by atoms with van der Waals surface area (Å²) in [5, 5.41) is 7.02. The predicted molar refractivity (Wildman–Crippen MR) is 47.9 cm³/mol. The van der Waals surface area contributed by atoms with Crippen molar-refractivity contribution in [2.24, 2.45) is 0 Å². The summed E-state index contributed by atoms with van der Waals surface area (Å²) in [4.78, 5) is 0. The van der Waals surface area contributed by atoms with E-state index in [2.05, 4.69) is 17.4 Å². The van der Waals surface area contributed by atoms with Crippen molar-refractivity contribution in [2.75, 3.05) is 13.1 Å². The zero-order valence-electron chi connectivity index (χ0n) is 8.18. The minimum atomic E-state index is -0.0823. The van der Waals surface area contributed by atoms with Crippen LogP contribution in [0.1, 0.15) is 18.4 Å². The largest absolute Gasteiger partial charge is 0.479 e. The van der Waals surface area contributed by atoms with Crippen molar-refractivity contribution in [1.29, 1.82) is 0 Å². The first-order valence-electron chi connectivity index (χ1n) is 4.43. The van der Waals surface area contributed by atoms with Crippen LogP contribution in [0.4, 0.5) is 0 Å². The molecular formula is C9H14N2O2. The molecule has 0 radical (unpaired) electrons. The number of hydrogen-bond acceptors (Lipinski definition) is 4. The zero-order chi connectivity index (χ0) is 9.47. The van der Waals surface area contributed by atoms with Crippen LogP contribution in [0.2, 0.25) is 0 Å². The Hall–Kier alpha value is -1.03. The van der Waals surface area contributed by atoms with Crippen LogP contribution in [-0.2, 0) is 0 Å². The lowest BCUT2D eigenvalue weighted by atomic mass is 10.00. The Morgan fingerprint density at radius 3 is 2.54 bits per heavy atom. The Bertz CT molecular complexity index is 296. The van der Waals surface area contributed by atoms with Gasteiger partial charge in [-0.25, -0.2) is 0 Å².